The van der Waals surface area contributed by atoms with Gasteiger partial charge < -0.3 is 5.32 Å². The predicted molar refractivity (Wildman–Crippen MR) is 83.4 cm³/mol. The Kier molecular flexibility index (Phi) is 5.91. The summed E-state index contributed by atoms with van der Waals surface area (Å²) in [5.74, 6) is 0.965. The van der Waals surface area contributed by atoms with E-state index >= 15 is 0 Å². The largest absolute Gasteiger partial charge is 0.311 e. The smallest absolute Gasteiger partial charge is 0.00721 e. The van der Waals surface area contributed by atoms with Crippen LogP contribution in [0.5, 0.6) is 0 Å². The second kappa shape index (κ2) is 7.69. The fraction of sp³-hybridized carbons (Fsp3) is 0.667. The summed E-state index contributed by atoms with van der Waals surface area (Å²) in [6.07, 6.45) is 9.44. The summed E-state index contributed by atoms with van der Waals surface area (Å²) >= 11 is 0. The molecule has 3 unspecified atom stereocenters. The molecule has 0 spiro atoms. The summed E-state index contributed by atoms with van der Waals surface area (Å²) in [7, 11) is 0. The molecule has 2 rings (SSSR count). The molecular weight excluding hydrogens is 230 g/mol. The Hall–Kier alpha value is -0.820. The second-order valence-corrected chi connectivity index (χ2v) is 6.23. The van der Waals surface area contributed by atoms with Gasteiger partial charge in [0.2, 0.25) is 0 Å². The highest BCUT2D eigenvalue weighted by Gasteiger charge is 2.21. The Labute approximate surface area is 118 Å². The van der Waals surface area contributed by atoms with Crippen molar-refractivity contribution >= 4 is 0 Å². The maximum Gasteiger partial charge on any atom is 0.00721 e. The number of hydrogen-bond acceptors (Lipinski definition) is 1. The van der Waals surface area contributed by atoms with Crippen molar-refractivity contribution in [3.63, 3.8) is 0 Å². The van der Waals surface area contributed by atoms with Crippen molar-refractivity contribution in [2.24, 2.45) is 5.92 Å². The minimum Gasteiger partial charge on any atom is -0.311 e. The lowest BCUT2D eigenvalue weighted by Crippen LogP contribution is -2.39. The van der Waals surface area contributed by atoms with Crippen molar-refractivity contribution in [3.05, 3.63) is 35.9 Å². The first-order valence-corrected chi connectivity index (χ1v) is 8.08. The molecule has 19 heavy (non-hydrogen) atoms. The summed E-state index contributed by atoms with van der Waals surface area (Å²) in [6.45, 7) is 4.68. The lowest BCUT2D eigenvalue weighted by Gasteiger charge is -2.31. The Balaban J connectivity index is 1.70. The van der Waals surface area contributed by atoms with Crippen LogP contribution in [0.3, 0.4) is 0 Å². The second-order valence-electron chi connectivity index (χ2n) is 6.23. The molecule has 1 N–H and O–H groups in total. The van der Waals surface area contributed by atoms with E-state index in [1.165, 1.54) is 50.5 Å². The van der Waals surface area contributed by atoms with Crippen LogP contribution in [0.1, 0.15) is 57.9 Å². The van der Waals surface area contributed by atoms with E-state index in [1.807, 2.05) is 0 Å². The zero-order valence-corrected chi connectivity index (χ0v) is 12.6. The third-order valence-corrected chi connectivity index (χ3v) is 4.59. The van der Waals surface area contributed by atoms with Gasteiger partial charge in [-0.2, -0.15) is 0 Å². The number of rotatable bonds is 6. The zero-order chi connectivity index (χ0) is 13.5. The first kappa shape index (κ1) is 14.6. The molecule has 1 aromatic carbocycles. The normalized spacial score (nSPS) is 25.2. The van der Waals surface area contributed by atoms with Crippen LogP contribution in [0.4, 0.5) is 0 Å². The molecule has 1 heteroatoms. The lowest BCUT2D eigenvalue weighted by atomic mass is 9.84. The van der Waals surface area contributed by atoms with Gasteiger partial charge in [0.25, 0.3) is 0 Å². The number of hydrogen-bond donors (Lipinski definition) is 1. The Bertz CT molecular complexity index is 346. The minimum atomic E-state index is 0.640. The Morgan fingerprint density at radius 3 is 2.74 bits per heavy atom. The molecule has 0 amide bonds. The van der Waals surface area contributed by atoms with Crippen molar-refractivity contribution in [1.29, 1.82) is 0 Å². The van der Waals surface area contributed by atoms with Gasteiger partial charge in [0.05, 0.1) is 0 Å². The molecule has 1 fully saturated rings. The van der Waals surface area contributed by atoms with Gasteiger partial charge in [-0.25, -0.2) is 0 Å². The highest BCUT2D eigenvalue weighted by molar-refractivity contribution is 5.14. The molecule has 1 saturated carbocycles. The highest BCUT2D eigenvalue weighted by Crippen LogP contribution is 2.26. The monoisotopic (exact) mass is 259 g/mol. The molecule has 0 saturated heterocycles. The molecule has 3 atom stereocenters. The SMILES string of the molecule is CCC1CCCC(NC(C)CCc2ccccc2)C1. The first-order chi connectivity index (χ1) is 9.28. The van der Waals surface area contributed by atoms with Gasteiger partial charge >= 0.3 is 0 Å². The lowest BCUT2D eigenvalue weighted by molar-refractivity contribution is 0.262. The summed E-state index contributed by atoms with van der Waals surface area (Å²) < 4.78 is 0. The maximum atomic E-state index is 3.85. The standard InChI is InChI=1S/C18H29N/c1-3-16-10-7-11-18(14-16)19-15(2)12-13-17-8-5-4-6-9-17/h4-6,8-9,15-16,18-19H,3,7,10-14H2,1-2H3. The van der Waals surface area contributed by atoms with Gasteiger partial charge in [0, 0.05) is 12.1 Å². The molecule has 1 nitrogen and oxygen atoms in total. The van der Waals surface area contributed by atoms with Crippen LogP contribution in [0, 0.1) is 5.92 Å². The van der Waals surface area contributed by atoms with Crippen LogP contribution in [0.15, 0.2) is 30.3 Å². The van der Waals surface area contributed by atoms with Gasteiger partial charge in [-0.3, -0.25) is 0 Å². The topological polar surface area (TPSA) is 12.0 Å². The van der Waals surface area contributed by atoms with Crippen LogP contribution in [-0.4, -0.2) is 12.1 Å². The third-order valence-electron chi connectivity index (χ3n) is 4.59. The van der Waals surface area contributed by atoms with Crippen LogP contribution in [0.25, 0.3) is 0 Å². The van der Waals surface area contributed by atoms with Crippen LogP contribution in [0.2, 0.25) is 0 Å². The average Bonchev–Trinajstić information content (AvgIpc) is 2.46. The zero-order valence-electron chi connectivity index (χ0n) is 12.6. The van der Waals surface area contributed by atoms with Crippen molar-refractivity contribution in [1.82, 2.24) is 5.32 Å². The Morgan fingerprint density at radius 2 is 2.00 bits per heavy atom. The highest BCUT2D eigenvalue weighted by atomic mass is 14.9. The number of benzene rings is 1. The fourth-order valence-electron chi connectivity index (χ4n) is 3.33. The van der Waals surface area contributed by atoms with Gasteiger partial charge in [-0.1, -0.05) is 56.5 Å². The van der Waals surface area contributed by atoms with Crippen molar-refractivity contribution in [3.8, 4) is 0 Å². The van der Waals surface area contributed by atoms with E-state index in [-0.39, 0.29) is 0 Å². The summed E-state index contributed by atoms with van der Waals surface area (Å²) in [4.78, 5) is 0. The molecule has 0 aliphatic heterocycles. The number of nitrogens with one attached hydrogen (secondary N) is 1. The van der Waals surface area contributed by atoms with E-state index in [0.29, 0.717) is 6.04 Å². The molecule has 1 aliphatic carbocycles. The van der Waals surface area contributed by atoms with E-state index in [4.69, 9.17) is 0 Å². The average molecular weight is 259 g/mol. The van der Waals surface area contributed by atoms with Gasteiger partial charge in [-0.15, -0.1) is 0 Å². The molecule has 0 heterocycles. The van der Waals surface area contributed by atoms with Gasteiger partial charge in [0.15, 0.2) is 0 Å². The van der Waals surface area contributed by atoms with Gasteiger partial charge in [0.1, 0.15) is 0 Å². The molecule has 1 aliphatic rings. The molecule has 1 aromatic rings. The van der Waals surface area contributed by atoms with E-state index in [0.717, 1.165) is 12.0 Å². The van der Waals surface area contributed by atoms with E-state index in [9.17, 15) is 0 Å². The minimum absolute atomic E-state index is 0.640. The molecule has 0 aromatic heterocycles. The van der Waals surface area contributed by atoms with E-state index in [2.05, 4.69) is 49.5 Å². The summed E-state index contributed by atoms with van der Waals surface area (Å²) in [5, 5.41) is 3.85. The van der Waals surface area contributed by atoms with Crippen molar-refractivity contribution in [2.45, 2.75) is 70.9 Å². The van der Waals surface area contributed by atoms with Crippen LogP contribution in [-0.2, 0) is 6.42 Å². The predicted octanol–water partition coefficient (Wildman–Crippen LogP) is 4.57. The summed E-state index contributed by atoms with van der Waals surface area (Å²) in [6, 6.07) is 12.3. The fourth-order valence-corrected chi connectivity index (χ4v) is 3.33. The Morgan fingerprint density at radius 1 is 1.21 bits per heavy atom. The molecule has 106 valence electrons. The first-order valence-electron chi connectivity index (χ1n) is 8.08. The van der Waals surface area contributed by atoms with E-state index < -0.39 is 0 Å². The van der Waals surface area contributed by atoms with Gasteiger partial charge in [-0.05, 0) is 44.1 Å². The molecule has 0 bridgehead atoms. The number of aryl methyl sites for hydroxylation is 1. The molecular formula is C18H29N. The maximum absolute atomic E-state index is 3.85. The molecule has 0 radical (unpaired) electrons. The van der Waals surface area contributed by atoms with Crippen molar-refractivity contribution < 1.29 is 0 Å². The van der Waals surface area contributed by atoms with Crippen LogP contribution >= 0.6 is 0 Å². The van der Waals surface area contributed by atoms with E-state index in [1.54, 1.807) is 0 Å². The quantitative estimate of drug-likeness (QED) is 0.789. The van der Waals surface area contributed by atoms with Crippen molar-refractivity contribution in [2.75, 3.05) is 0 Å². The van der Waals surface area contributed by atoms with Crippen LogP contribution < -0.4 is 5.32 Å². The summed E-state index contributed by atoms with van der Waals surface area (Å²) in [5.41, 5.74) is 1.46. The third kappa shape index (κ3) is 4.99.